The number of benzene rings is 2. The minimum atomic E-state index is -1.03. The van der Waals surface area contributed by atoms with E-state index in [0.29, 0.717) is 11.4 Å². The summed E-state index contributed by atoms with van der Waals surface area (Å²) in [6.07, 6.45) is 2.92. The number of anilines is 1. The predicted molar refractivity (Wildman–Crippen MR) is 107 cm³/mol. The summed E-state index contributed by atoms with van der Waals surface area (Å²) >= 11 is 0. The summed E-state index contributed by atoms with van der Waals surface area (Å²) < 4.78 is 5.73. The first kappa shape index (κ1) is 19.0. The van der Waals surface area contributed by atoms with Crippen LogP contribution in [0.2, 0.25) is 0 Å². The number of carboxylic acids is 1. The highest BCUT2D eigenvalue weighted by molar-refractivity contribution is 5.97. The fraction of sp³-hybridized carbons (Fsp3) is 0.273. The van der Waals surface area contributed by atoms with Gasteiger partial charge in [-0.25, -0.2) is 0 Å². The number of fused-ring (bicyclic) bond motifs is 2. The Morgan fingerprint density at radius 2 is 1.62 bits per heavy atom. The van der Waals surface area contributed by atoms with E-state index in [4.69, 9.17) is 4.74 Å². The first-order chi connectivity index (χ1) is 13.9. The van der Waals surface area contributed by atoms with Crippen LogP contribution in [0.25, 0.3) is 0 Å². The SMILES string of the molecule is Cc1ccc(N=Nc2ccc(NC(=O)[C@H]3[C@H](C(=O)O)[C@H]4C=C[C@@]3(C)O4)cc2)cc1. The van der Waals surface area contributed by atoms with Gasteiger partial charge in [0.25, 0.3) is 0 Å². The lowest BCUT2D eigenvalue weighted by Crippen LogP contribution is -2.44. The highest BCUT2D eigenvalue weighted by atomic mass is 16.5. The molecule has 7 heteroatoms. The van der Waals surface area contributed by atoms with Gasteiger partial charge < -0.3 is 15.2 Å². The number of azo groups is 1. The van der Waals surface area contributed by atoms with Crippen LogP contribution in [-0.2, 0) is 14.3 Å². The summed E-state index contributed by atoms with van der Waals surface area (Å²) in [7, 11) is 0. The number of carboxylic acid groups (broad SMARTS) is 1. The van der Waals surface area contributed by atoms with E-state index < -0.39 is 29.5 Å². The number of hydrogen-bond donors (Lipinski definition) is 2. The largest absolute Gasteiger partial charge is 0.481 e. The van der Waals surface area contributed by atoms with E-state index in [1.807, 2.05) is 31.2 Å². The van der Waals surface area contributed by atoms with Gasteiger partial charge in [0.05, 0.1) is 29.0 Å². The number of hydrogen-bond acceptors (Lipinski definition) is 5. The molecule has 1 amide bonds. The van der Waals surface area contributed by atoms with Crippen LogP contribution in [0, 0.1) is 18.8 Å². The molecule has 1 fully saturated rings. The Labute approximate surface area is 168 Å². The van der Waals surface area contributed by atoms with Crippen LogP contribution in [0.1, 0.15) is 12.5 Å². The number of ether oxygens (including phenoxy) is 1. The van der Waals surface area contributed by atoms with Crippen molar-refractivity contribution in [3.63, 3.8) is 0 Å². The molecule has 2 bridgehead atoms. The minimum Gasteiger partial charge on any atom is -0.481 e. The van der Waals surface area contributed by atoms with E-state index in [0.717, 1.165) is 11.3 Å². The molecule has 2 aromatic rings. The van der Waals surface area contributed by atoms with Crippen molar-refractivity contribution in [2.45, 2.75) is 25.6 Å². The number of aryl methyl sites for hydroxylation is 1. The Morgan fingerprint density at radius 1 is 1.03 bits per heavy atom. The van der Waals surface area contributed by atoms with E-state index in [1.165, 1.54) is 0 Å². The molecule has 1 saturated heterocycles. The summed E-state index contributed by atoms with van der Waals surface area (Å²) in [6, 6.07) is 14.6. The Morgan fingerprint density at radius 3 is 2.21 bits per heavy atom. The zero-order chi connectivity index (χ0) is 20.6. The maximum atomic E-state index is 12.8. The molecule has 4 atom stereocenters. The molecular formula is C22H21N3O4. The van der Waals surface area contributed by atoms with Crippen LogP contribution in [0.15, 0.2) is 70.9 Å². The van der Waals surface area contributed by atoms with Crippen LogP contribution in [0.5, 0.6) is 0 Å². The zero-order valence-corrected chi connectivity index (χ0v) is 16.1. The van der Waals surface area contributed by atoms with Crippen molar-refractivity contribution in [3.8, 4) is 0 Å². The summed E-state index contributed by atoms with van der Waals surface area (Å²) in [6.45, 7) is 3.75. The Balaban J connectivity index is 1.45. The monoisotopic (exact) mass is 391 g/mol. The lowest BCUT2D eigenvalue weighted by Gasteiger charge is -2.27. The van der Waals surface area contributed by atoms with Crippen LogP contribution in [0.3, 0.4) is 0 Å². The fourth-order valence-corrected chi connectivity index (χ4v) is 3.84. The summed E-state index contributed by atoms with van der Waals surface area (Å²) in [5, 5.41) is 20.7. The topological polar surface area (TPSA) is 100 Å². The van der Waals surface area contributed by atoms with E-state index in [9.17, 15) is 14.7 Å². The third-order valence-corrected chi connectivity index (χ3v) is 5.35. The minimum absolute atomic E-state index is 0.374. The van der Waals surface area contributed by atoms with Gasteiger partial charge in [0, 0.05) is 5.69 Å². The van der Waals surface area contributed by atoms with Gasteiger partial charge in [0.2, 0.25) is 5.91 Å². The Bertz CT molecular complexity index is 998. The molecular weight excluding hydrogens is 370 g/mol. The van der Waals surface area contributed by atoms with Crippen LogP contribution >= 0.6 is 0 Å². The fourth-order valence-electron chi connectivity index (χ4n) is 3.84. The van der Waals surface area contributed by atoms with Gasteiger partial charge in [-0.3, -0.25) is 9.59 Å². The van der Waals surface area contributed by atoms with Crippen molar-refractivity contribution in [1.82, 2.24) is 0 Å². The highest BCUT2D eigenvalue weighted by Crippen LogP contribution is 2.47. The van der Waals surface area contributed by atoms with Crippen molar-refractivity contribution in [1.29, 1.82) is 0 Å². The van der Waals surface area contributed by atoms with E-state index >= 15 is 0 Å². The van der Waals surface area contributed by atoms with E-state index in [-0.39, 0.29) is 5.91 Å². The first-order valence-corrected chi connectivity index (χ1v) is 9.35. The molecule has 2 aliphatic heterocycles. The number of aliphatic carboxylic acids is 1. The lowest BCUT2D eigenvalue weighted by atomic mass is 9.75. The molecule has 0 aromatic heterocycles. The first-order valence-electron chi connectivity index (χ1n) is 9.35. The van der Waals surface area contributed by atoms with Gasteiger partial charge in [-0.05, 0) is 50.2 Å². The van der Waals surface area contributed by atoms with Crippen molar-refractivity contribution >= 4 is 28.9 Å². The summed E-state index contributed by atoms with van der Waals surface area (Å²) in [5.74, 6) is -3.10. The van der Waals surface area contributed by atoms with Gasteiger partial charge in [0.1, 0.15) is 5.92 Å². The van der Waals surface area contributed by atoms with Crippen LogP contribution in [0.4, 0.5) is 17.1 Å². The maximum Gasteiger partial charge on any atom is 0.310 e. The van der Waals surface area contributed by atoms with Crippen LogP contribution in [-0.4, -0.2) is 28.7 Å². The Kier molecular flexibility index (Phi) is 4.76. The second-order valence-corrected chi connectivity index (χ2v) is 7.54. The third-order valence-electron chi connectivity index (χ3n) is 5.35. The summed E-state index contributed by atoms with van der Waals surface area (Å²) in [4.78, 5) is 24.5. The molecule has 0 radical (unpaired) electrons. The van der Waals surface area contributed by atoms with Crippen LogP contribution < -0.4 is 5.32 Å². The molecule has 2 N–H and O–H groups in total. The van der Waals surface area contributed by atoms with Gasteiger partial charge in [-0.2, -0.15) is 10.2 Å². The predicted octanol–water partition coefficient (Wildman–Crippen LogP) is 4.39. The van der Waals surface area contributed by atoms with Gasteiger partial charge in [-0.15, -0.1) is 0 Å². The number of carbonyl (C=O) groups is 2. The molecule has 4 rings (SSSR count). The average molecular weight is 391 g/mol. The van der Waals surface area contributed by atoms with Gasteiger partial charge >= 0.3 is 5.97 Å². The lowest BCUT2D eigenvalue weighted by molar-refractivity contribution is -0.146. The van der Waals surface area contributed by atoms with Crippen molar-refractivity contribution < 1.29 is 19.4 Å². The maximum absolute atomic E-state index is 12.8. The van der Waals surface area contributed by atoms with Crippen molar-refractivity contribution in [3.05, 3.63) is 66.2 Å². The molecule has 29 heavy (non-hydrogen) atoms. The molecule has 0 spiro atoms. The molecule has 2 aromatic carbocycles. The Hall–Kier alpha value is -3.32. The quantitative estimate of drug-likeness (QED) is 0.583. The zero-order valence-electron chi connectivity index (χ0n) is 16.1. The summed E-state index contributed by atoms with van der Waals surface area (Å²) in [5.41, 5.74) is 2.21. The third kappa shape index (κ3) is 3.69. The average Bonchev–Trinajstić information content (AvgIpc) is 3.22. The van der Waals surface area contributed by atoms with Gasteiger partial charge in [-0.1, -0.05) is 29.8 Å². The molecule has 2 aliphatic rings. The number of nitrogens with one attached hydrogen (secondary N) is 1. The second-order valence-electron chi connectivity index (χ2n) is 7.54. The normalized spacial score (nSPS) is 27.4. The number of carbonyl (C=O) groups excluding carboxylic acids is 1. The smallest absolute Gasteiger partial charge is 0.310 e. The highest BCUT2D eigenvalue weighted by Gasteiger charge is 2.59. The number of amides is 1. The van der Waals surface area contributed by atoms with Crippen molar-refractivity contribution in [2.75, 3.05) is 5.32 Å². The molecule has 148 valence electrons. The molecule has 7 nitrogen and oxygen atoms in total. The second kappa shape index (κ2) is 7.25. The molecule has 0 saturated carbocycles. The molecule has 0 aliphatic carbocycles. The van der Waals surface area contributed by atoms with Crippen molar-refractivity contribution in [2.24, 2.45) is 22.1 Å². The molecule has 2 heterocycles. The number of nitrogens with zero attached hydrogens (tertiary/aromatic N) is 2. The number of rotatable bonds is 5. The van der Waals surface area contributed by atoms with E-state index in [1.54, 1.807) is 43.3 Å². The van der Waals surface area contributed by atoms with E-state index in [2.05, 4.69) is 15.5 Å². The molecule has 0 unspecified atom stereocenters. The standard InChI is InChI=1S/C22H21N3O4/c1-13-3-5-15(6-4-13)24-25-16-9-7-14(8-10-16)23-20(26)19-18(21(27)28)17-11-12-22(19,2)29-17/h3-12,17-19H,1-2H3,(H,23,26)(H,27,28)/t17-,18-,19-,22-/m1/s1. The van der Waals surface area contributed by atoms with Gasteiger partial charge in [0.15, 0.2) is 0 Å².